The van der Waals surface area contributed by atoms with Gasteiger partial charge >= 0.3 is 6.09 Å². The molecule has 3 aromatic rings. The number of ether oxygens (including phenoxy) is 1. The summed E-state index contributed by atoms with van der Waals surface area (Å²) in [5, 5.41) is 2.53. The number of carbonyl (C=O) groups excluding carboxylic acids is 1. The number of hydrogen-bond donors (Lipinski definition) is 1. The second-order valence-electron chi connectivity index (χ2n) is 4.18. The number of aryl methyl sites for hydroxylation is 1. The molecule has 7 nitrogen and oxygen atoms in total. The van der Waals surface area contributed by atoms with Crippen LogP contribution in [0.3, 0.4) is 0 Å². The van der Waals surface area contributed by atoms with E-state index >= 15 is 0 Å². The van der Waals surface area contributed by atoms with Gasteiger partial charge in [-0.05, 0) is 19.1 Å². The molecule has 7 heteroatoms. The van der Waals surface area contributed by atoms with Crippen LogP contribution in [-0.2, 0) is 4.74 Å². The van der Waals surface area contributed by atoms with Gasteiger partial charge in [0.25, 0.3) is 0 Å². The van der Waals surface area contributed by atoms with E-state index in [9.17, 15) is 4.79 Å². The Balaban J connectivity index is 2.17. The van der Waals surface area contributed by atoms with Crippen molar-refractivity contribution < 1.29 is 13.9 Å². The highest BCUT2D eigenvalue weighted by Gasteiger charge is 2.14. The van der Waals surface area contributed by atoms with Crippen molar-refractivity contribution in [2.24, 2.45) is 0 Å². The third-order valence-corrected chi connectivity index (χ3v) is 2.73. The molecule has 0 atom stereocenters. The number of fused-ring (bicyclic) bond motifs is 1. The van der Waals surface area contributed by atoms with Crippen LogP contribution in [0, 0.1) is 6.92 Å². The molecule has 0 unspecified atom stereocenters. The van der Waals surface area contributed by atoms with Crippen LogP contribution in [0.5, 0.6) is 0 Å². The minimum Gasteiger partial charge on any atom is -0.463 e. The molecule has 0 saturated heterocycles. The summed E-state index contributed by atoms with van der Waals surface area (Å²) in [4.78, 5) is 20.1. The Morgan fingerprint density at radius 1 is 1.40 bits per heavy atom. The number of hydrogen-bond acceptors (Lipinski definition) is 5. The Labute approximate surface area is 114 Å². The van der Waals surface area contributed by atoms with E-state index in [0.29, 0.717) is 22.9 Å². The van der Waals surface area contributed by atoms with Gasteiger partial charge in [0, 0.05) is 6.20 Å². The molecular weight excluding hydrogens is 260 g/mol. The van der Waals surface area contributed by atoms with Gasteiger partial charge in [0.1, 0.15) is 0 Å². The Morgan fingerprint density at radius 2 is 2.25 bits per heavy atom. The van der Waals surface area contributed by atoms with Crippen molar-refractivity contribution in [1.29, 1.82) is 0 Å². The molecule has 0 fully saturated rings. The average Bonchev–Trinajstić information content (AvgIpc) is 3.05. The largest absolute Gasteiger partial charge is 0.463 e. The van der Waals surface area contributed by atoms with E-state index in [-0.39, 0.29) is 0 Å². The summed E-state index contributed by atoms with van der Waals surface area (Å²) < 4.78 is 11.7. The number of anilines is 1. The van der Waals surface area contributed by atoms with Gasteiger partial charge in [-0.3, -0.25) is 5.32 Å². The van der Waals surface area contributed by atoms with Gasteiger partial charge in [-0.1, -0.05) is 0 Å². The van der Waals surface area contributed by atoms with Gasteiger partial charge in [0.15, 0.2) is 22.9 Å². The first-order valence-corrected chi connectivity index (χ1v) is 5.92. The molecule has 0 bridgehead atoms. The second-order valence-corrected chi connectivity index (χ2v) is 4.18. The summed E-state index contributed by atoms with van der Waals surface area (Å²) in [5.41, 5.74) is 2.06. The SMILES string of the molecule is COC(=O)Nc1cn2cc(C)nc2c(-c2ccco2)n1. The number of aromatic nitrogens is 3. The lowest BCUT2D eigenvalue weighted by molar-refractivity contribution is 0.187. The molecule has 0 aliphatic carbocycles. The van der Waals surface area contributed by atoms with Gasteiger partial charge in [0.05, 0.1) is 25.3 Å². The molecule has 102 valence electrons. The lowest BCUT2D eigenvalue weighted by Gasteiger charge is -2.06. The van der Waals surface area contributed by atoms with Crippen LogP contribution in [0.2, 0.25) is 0 Å². The first kappa shape index (κ1) is 12.2. The number of methoxy groups -OCH3 is 1. The quantitative estimate of drug-likeness (QED) is 0.775. The first-order chi connectivity index (χ1) is 9.67. The maximum Gasteiger partial charge on any atom is 0.412 e. The smallest absolute Gasteiger partial charge is 0.412 e. The minimum atomic E-state index is -0.584. The Hall–Kier alpha value is -2.83. The second kappa shape index (κ2) is 4.69. The van der Waals surface area contributed by atoms with Gasteiger partial charge in [-0.15, -0.1) is 0 Å². The van der Waals surface area contributed by atoms with E-state index in [1.165, 1.54) is 7.11 Å². The third kappa shape index (κ3) is 2.09. The van der Waals surface area contributed by atoms with Gasteiger partial charge in [-0.2, -0.15) is 0 Å². The number of imidazole rings is 1. The Bertz CT molecular complexity index is 761. The summed E-state index contributed by atoms with van der Waals surface area (Å²) in [5.74, 6) is 0.933. The lowest BCUT2D eigenvalue weighted by atomic mass is 10.3. The molecule has 3 rings (SSSR count). The molecule has 3 heterocycles. The van der Waals surface area contributed by atoms with Crippen molar-refractivity contribution in [1.82, 2.24) is 14.4 Å². The van der Waals surface area contributed by atoms with E-state index in [1.807, 2.05) is 13.1 Å². The van der Waals surface area contributed by atoms with Gasteiger partial charge < -0.3 is 13.6 Å². The molecule has 0 saturated carbocycles. The minimum absolute atomic E-state index is 0.355. The summed E-state index contributed by atoms with van der Waals surface area (Å²) in [6, 6.07) is 3.55. The molecule has 0 aliphatic rings. The zero-order valence-electron chi connectivity index (χ0n) is 11.0. The highest BCUT2D eigenvalue weighted by molar-refractivity contribution is 5.84. The van der Waals surface area contributed by atoms with Crippen molar-refractivity contribution >= 4 is 17.6 Å². The lowest BCUT2D eigenvalue weighted by Crippen LogP contribution is -2.13. The highest BCUT2D eigenvalue weighted by Crippen LogP contribution is 2.24. The summed E-state index contributed by atoms with van der Waals surface area (Å²) in [6.45, 7) is 1.88. The summed E-state index contributed by atoms with van der Waals surface area (Å²) >= 11 is 0. The Morgan fingerprint density at radius 3 is 2.95 bits per heavy atom. The van der Waals surface area contributed by atoms with Crippen LogP contribution < -0.4 is 5.32 Å². The number of furan rings is 1. The van der Waals surface area contributed by atoms with Crippen LogP contribution in [0.15, 0.2) is 35.2 Å². The van der Waals surface area contributed by atoms with Crippen LogP contribution in [0.25, 0.3) is 17.1 Å². The molecule has 3 aromatic heterocycles. The highest BCUT2D eigenvalue weighted by atomic mass is 16.5. The summed E-state index contributed by atoms with van der Waals surface area (Å²) in [6.07, 6.45) is 4.48. The van der Waals surface area contributed by atoms with E-state index < -0.39 is 6.09 Å². The fourth-order valence-corrected chi connectivity index (χ4v) is 1.92. The number of carbonyl (C=O) groups is 1. The van der Waals surface area contributed by atoms with Crippen molar-refractivity contribution in [3.8, 4) is 11.5 Å². The predicted molar refractivity (Wildman–Crippen MR) is 71.5 cm³/mol. The molecule has 1 amide bonds. The standard InChI is InChI=1S/C13H12N4O3/c1-8-6-17-7-10(16-13(18)19-2)15-11(12(17)14-8)9-4-3-5-20-9/h3-7H,1-2H3,(H,16,18). The van der Waals surface area contributed by atoms with E-state index in [0.717, 1.165) is 5.69 Å². The number of nitrogens with one attached hydrogen (secondary N) is 1. The Kier molecular flexibility index (Phi) is 2.86. The first-order valence-electron chi connectivity index (χ1n) is 5.92. The molecule has 0 spiro atoms. The predicted octanol–water partition coefficient (Wildman–Crippen LogP) is 2.48. The zero-order chi connectivity index (χ0) is 14.1. The zero-order valence-corrected chi connectivity index (χ0v) is 11.0. The van der Waals surface area contributed by atoms with Gasteiger partial charge in [-0.25, -0.2) is 14.8 Å². The van der Waals surface area contributed by atoms with Crippen molar-refractivity contribution in [2.75, 3.05) is 12.4 Å². The van der Waals surface area contributed by atoms with E-state index in [4.69, 9.17) is 4.42 Å². The molecular formula is C13H12N4O3. The van der Waals surface area contributed by atoms with Crippen LogP contribution >= 0.6 is 0 Å². The summed E-state index contributed by atoms with van der Waals surface area (Å²) in [7, 11) is 1.29. The van der Waals surface area contributed by atoms with Gasteiger partial charge in [0.2, 0.25) is 0 Å². The van der Waals surface area contributed by atoms with Crippen molar-refractivity contribution in [2.45, 2.75) is 6.92 Å². The number of amides is 1. The number of nitrogens with zero attached hydrogens (tertiary/aromatic N) is 3. The third-order valence-electron chi connectivity index (χ3n) is 2.73. The van der Waals surface area contributed by atoms with Crippen LogP contribution in [0.4, 0.5) is 10.6 Å². The molecule has 20 heavy (non-hydrogen) atoms. The maximum absolute atomic E-state index is 11.3. The molecule has 1 N–H and O–H groups in total. The normalized spacial score (nSPS) is 10.7. The van der Waals surface area contributed by atoms with Crippen molar-refractivity contribution in [3.63, 3.8) is 0 Å². The van der Waals surface area contributed by atoms with E-state index in [2.05, 4.69) is 20.0 Å². The van der Waals surface area contributed by atoms with Crippen LogP contribution in [0.1, 0.15) is 5.69 Å². The van der Waals surface area contributed by atoms with Crippen LogP contribution in [-0.4, -0.2) is 27.6 Å². The van der Waals surface area contributed by atoms with Crippen molar-refractivity contribution in [3.05, 3.63) is 36.5 Å². The topological polar surface area (TPSA) is 81.7 Å². The molecule has 0 aromatic carbocycles. The number of rotatable bonds is 2. The fourth-order valence-electron chi connectivity index (χ4n) is 1.92. The molecule has 0 aliphatic heterocycles. The van der Waals surface area contributed by atoms with E-state index in [1.54, 1.807) is 29.0 Å². The molecule has 0 radical (unpaired) electrons. The maximum atomic E-state index is 11.3. The monoisotopic (exact) mass is 272 g/mol. The average molecular weight is 272 g/mol. The fraction of sp³-hybridized carbons (Fsp3) is 0.154.